The van der Waals surface area contributed by atoms with E-state index in [1.54, 1.807) is 0 Å². The lowest BCUT2D eigenvalue weighted by Crippen LogP contribution is -2.52. The molecule has 2 aromatic rings. The van der Waals surface area contributed by atoms with Gasteiger partial charge in [0.1, 0.15) is 11.4 Å². The van der Waals surface area contributed by atoms with Crippen LogP contribution in [0.5, 0.6) is 5.75 Å². The second-order valence-corrected chi connectivity index (χ2v) is 8.18. The number of rotatable bonds is 3. The maximum absolute atomic E-state index is 12.7. The van der Waals surface area contributed by atoms with E-state index in [-0.39, 0.29) is 11.7 Å². The van der Waals surface area contributed by atoms with Crippen LogP contribution in [0.3, 0.4) is 0 Å². The molecule has 2 heterocycles. The van der Waals surface area contributed by atoms with Gasteiger partial charge in [0.25, 0.3) is 0 Å². The molecular weight excluding hydrogens is 350 g/mol. The average molecular weight is 377 g/mol. The van der Waals surface area contributed by atoms with Gasteiger partial charge in [0.2, 0.25) is 5.91 Å². The molecule has 28 heavy (non-hydrogen) atoms. The largest absolute Gasteiger partial charge is 0.486 e. The highest BCUT2D eigenvalue weighted by molar-refractivity contribution is 6.00. The number of likely N-dealkylation sites (tertiary alicyclic amines) is 1. The highest BCUT2D eigenvalue weighted by atomic mass is 16.5. The average Bonchev–Trinajstić information content (AvgIpc) is 2.69. The number of hydrogen-bond acceptors (Lipinski definition) is 3. The van der Waals surface area contributed by atoms with E-state index in [0.29, 0.717) is 50.1 Å². The predicted molar refractivity (Wildman–Crippen MR) is 109 cm³/mol. The monoisotopic (exact) mass is 377 g/mol. The predicted octanol–water partition coefficient (Wildman–Crippen LogP) is 4.26. The maximum Gasteiger partial charge on any atom is 0.222 e. The number of carbonyl (C=O) groups excluding carboxylic acids is 2. The van der Waals surface area contributed by atoms with Crippen molar-refractivity contribution in [1.29, 1.82) is 0 Å². The van der Waals surface area contributed by atoms with Crippen molar-refractivity contribution in [3.8, 4) is 5.75 Å². The first-order chi connectivity index (χ1) is 13.5. The first-order valence-corrected chi connectivity index (χ1v) is 10.1. The third kappa shape index (κ3) is 3.68. The van der Waals surface area contributed by atoms with E-state index in [9.17, 15) is 9.59 Å². The maximum atomic E-state index is 12.7. The SMILES string of the molecule is Cc1cc2c(cc1C)C(=O)CC1(CCN(C(=O)CCc3ccccc3)CC1)O2. The van der Waals surface area contributed by atoms with Crippen molar-refractivity contribution in [1.82, 2.24) is 4.90 Å². The Labute approximate surface area is 166 Å². The smallest absolute Gasteiger partial charge is 0.222 e. The molecular formula is C24H27NO3. The van der Waals surface area contributed by atoms with Crippen LogP contribution in [-0.4, -0.2) is 35.3 Å². The van der Waals surface area contributed by atoms with Gasteiger partial charge < -0.3 is 9.64 Å². The molecule has 1 fully saturated rings. The van der Waals surface area contributed by atoms with E-state index < -0.39 is 5.60 Å². The van der Waals surface area contributed by atoms with Crippen LogP contribution < -0.4 is 4.74 Å². The van der Waals surface area contributed by atoms with Crippen LogP contribution in [-0.2, 0) is 11.2 Å². The van der Waals surface area contributed by atoms with Gasteiger partial charge in [-0.1, -0.05) is 30.3 Å². The zero-order valence-corrected chi connectivity index (χ0v) is 16.7. The highest BCUT2D eigenvalue weighted by Gasteiger charge is 2.43. The minimum atomic E-state index is -0.456. The number of ether oxygens (including phenoxy) is 1. The Kier molecular flexibility index (Phi) is 4.96. The van der Waals surface area contributed by atoms with E-state index >= 15 is 0 Å². The van der Waals surface area contributed by atoms with E-state index in [4.69, 9.17) is 4.74 Å². The zero-order chi connectivity index (χ0) is 19.7. The number of amides is 1. The molecule has 2 aromatic carbocycles. The lowest BCUT2D eigenvalue weighted by Gasteiger charge is -2.44. The van der Waals surface area contributed by atoms with Crippen molar-refractivity contribution in [3.63, 3.8) is 0 Å². The van der Waals surface area contributed by atoms with Crippen LogP contribution in [0.2, 0.25) is 0 Å². The van der Waals surface area contributed by atoms with E-state index in [1.165, 1.54) is 5.56 Å². The number of carbonyl (C=O) groups is 2. The van der Waals surface area contributed by atoms with Crippen LogP contribution in [0.1, 0.15) is 52.7 Å². The molecule has 1 amide bonds. The van der Waals surface area contributed by atoms with E-state index in [1.807, 2.05) is 49.1 Å². The Morgan fingerprint density at radius 1 is 1.07 bits per heavy atom. The molecule has 0 unspecified atom stereocenters. The van der Waals surface area contributed by atoms with Gasteiger partial charge in [-0.2, -0.15) is 0 Å². The molecule has 0 saturated carbocycles. The Bertz CT molecular complexity index is 896. The topological polar surface area (TPSA) is 46.6 Å². The van der Waals surface area contributed by atoms with Gasteiger partial charge in [0.05, 0.1) is 12.0 Å². The van der Waals surface area contributed by atoms with Crippen molar-refractivity contribution in [2.45, 2.75) is 51.6 Å². The molecule has 2 aliphatic rings. The molecule has 4 heteroatoms. The lowest BCUT2D eigenvalue weighted by atomic mass is 9.82. The second-order valence-electron chi connectivity index (χ2n) is 8.18. The van der Waals surface area contributed by atoms with Crippen molar-refractivity contribution in [2.24, 2.45) is 0 Å². The fourth-order valence-corrected chi connectivity index (χ4v) is 4.25. The van der Waals surface area contributed by atoms with E-state index in [2.05, 4.69) is 12.1 Å². The summed E-state index contributed by atoms with van der Waals surface area (Å²) in [5.41, 5.74) is 3.69. The van der Waals surface area contributed by atoms with Crippen molar-refractivity contribution < 1.29 is 14.3 Å². The first kappa shape index (κ1) is 18.7. The minimum Gasteiger partial charge on any atom is -0.486 e. The van der Waals surface area contributed by atoms with E-state index in [0.717, 1.165) is 17.5 Å². The molecule has 146 valence electrons. The summed E-state index contributed by atoms with van der Waals surface area (Å²) in [6.07, 6.45) is 3.12. The molecule has 1 saturated heterocycles. The Hall–Kier alpha value is -2.62. The van der Waals surface area contributed by atoms with Crippen molar-refractivity contribution >= 4 is 11.7 Å². The Morgan fingerprint density at radius 3 is 2.46 bits per heavy atom. The summed E-state index contributed by atoms with van der Waals surface area (Å²) >= 11 is 0. The molecule has 1 spiro atoms. The van der Waals surface area contributed by atoms with Gasteiger partial charge in [-0.15, -0.1) is 0 Å². The highest BCUT2D eigenvalue weighted by Crippen LogP contribution is 2.40. The third-order valence-corrected chi connectivity index (χ3v) is 6.20. The summed E-state index contributed by atoms with van der Waals surface area (Å²) in [6, 6.07) is 14.0. The summed E-state index contributed by atoms with van der Waals surface area (Å²) in [5, 5.41) is 0. The van der Waals surface area contributed by atoms with Gasteiger partial charge in [-0.05, 0) is 49.1 Å². The number of piperidine rings is 1. The van der Waals surface area contributed by atoms with Crippen LogP contribution in [0, 0.1) is 13.8 Å². The van der Waals surface area contributed by atoms with Gasteiger partial charge in [-0.25, -0.2) is 0 Å². The van der Waals surface area contributed by atoms with Crippen LogP contribution in [0.4, 0.5) is 0 Å². The van der Waals surface area contributed by atoms with Crippen LogP contribution >= 0.6 is 0 Å². The normalized spacial score (nSPS) is 17.9. The van der Waals surface area contributed by atoms with Crippen LogP contribution in [0.15, 0.2) is 42.5 Å². The molecule has 0 aromatic heterocycles. The summed E-state index contributed by atoms with van der Waals surface area (Å²) in [4.78, 5) is 27.3. The van der Waals surface area contributed by atoms with Crippen molar-refractivity contribution in [2.75, 3.05) is 13.1 Å². The fourth-order valence-electron chi connectivity index (χ4n) is 4.25. The molecule has 0 bridgehead atoms. The minimum absolute atomic E-state index is 0.160. The number of hydrogen-bond donors (Lipinski definition) is 0. The number of benzene rings is 2. The number of ketones is 1. The molecule has 0 atom stereocenters. The molecule has 4 nitrogen and oxygen atoms in total. The summed E-state index contributed by atoms with van der Waals surface area (Å²) in [7, 11) is 0. The summed E-state index contributed by atoms with van der Waals surface area (Å²) in [5.74, 6) is 1.06. The zero-order valence-electron chi connectivity index (χ0n) is 16.7. The van der Waals surface area contributed by atoms with Gasteiger partial charge in [0, 0.05) is 32.4 Å². The molecule has 0 N–H and O–H groups in total. The first-order valence-electron chi connectivity index (χ1n) is 10.1. The summed E-state index contributed by atoms with van der Waals surface area (Å²) < 4.78 is 6.37. The lowest BCUT2D eigenvalue weighted by molar-refractivity contribution is -0.134. The number of aryl methyl sites for hydroxylation is 3. The standard InChI is InChI=1S/C24H27NO3/c1-17-14-20-21(26)16-24(28-22(20)15-18(17)2)10-12-25(13-11-24)23(27)9-8-19-6-4-3-5-7-19/h3-7,14-15H,8-13,16H2,1-2H3. The molecule has 4 rings (SSSR count). The summed E-state index contributed by atoms with van der Waals surface area (Å²) in [6.45, 7) is 5.37. The van der Waals surface area contributed by atoms with Crippen LogP contribution in [0.25, 0.3) is 0 Å². The molecule has 0 aliphatic carbocycles. The number of Topliss-reactive ketones (excluding diaryl/α,β-unsaturated/α-hetero) is 1. The van der Waals surface area contributed by atoms with Gasteiger partial charge in [0.15, 0.2) is 5.78 Å². The Morgan fingerprint density at radius 2 is 1.75 bits per heavy atom. The van der Waals surface area contributed by atoms with Crippen molar-refractivity contribution in [3.05, 3.63) is 64.7 Å². The quantitative estimate of drug-likeness (QED) is 0.803. The second kappa shape index (κ2) is 7.42. The molecule has 2 aliphatic heterocycles. The Balaban J connectivity index is 1.39. The third-order valence-electron chi connectivity index (χ3n) is 6.20. The number of nitrogens with zero attached hydrogens (tertiary/aromatic N) is 1. The fraction of sp³-hybridized carbons (Fsp3) is 0.417. The number of fused-ring (bicyclic) bond motifs is 1. The van der Waals surface area contributed by atoms with Gasteiger partial charge in [-0.3, -0.25) is 9.59 Å². The molecule has 0 radical (unpaired) electrons. The van der Waals surface area contributed by atoms with Gasteiger partial charge >= 0.3 is 0 Å².